The minimum atomic E-state index is 0.0800. The molecule has 0 amide bonds. The first-order valence-corrected chi connectivity index (χ1v) is 9.20. The average molecular weight is 339 g/mol. The second kappa shape index (κ2) is 6.28. The van der Waals surface area contributed by atoms with E-state index < -0.39 is 0 Å². The third-order valence-electron chi connectivity index (χ3n) is 5.40. The molecule has 0 aromatic carbocycles. The molecule has 0 saturated carbocycles. The zero-order chi connectivity index (χ0) is 17.6. The van der Waals surface area contributed by atoms with Gasteiger partial charge >= 0.3 is 0 Å². The van der Waals surface area contributed by atoms with E-state index in [4.69, 9.17) is 9.40 Å². The van der Waals surface area contributed by atoms with E-state index in [1.807, 2.05) is 19.1 Å². The minimum absolute atomic E-state index is 0.0800. The zero-order valence-corrected chi connectivity index (χ0v) is 15.2. The number of carbonyl (C=O) groups excluding carboxylic acids is 1. The Balaban J connectivity index is 1.68. The van der Waals surface area contributed by atoms with Crippen molar-refractivity contribution in [2.24, 2.45) is 11.8 Å². The Hall–Kier alpha value is -2.17. The standard InChI is InChI=1S/C20H25N3O2/c1-12-7-13(2)11-23(10-12)20-21-14(3)19-16(22-20)8-15(9-17(19)24)18-5-4-6-25-18/h4-6,12-13,15H,7-11H2,1-3H3/t12-,13-,15-/m1/s1. The molecule has 1 aliphatic heterocycles. The molecule has 0 unspecified atom stereocenters. The Morgan fingerprint density at radius 1 is 1.16 bits per heavy atom. The number of fused-ring (bicyclic) bond motifs is 1. The maximum atomic E-state index is 12.7. The molecule has 3 heterocycles. The number of ketones is 1. The molecule has 3 atom stereocenters. The Morgan fingerprint density at radius 2 is 1.92 bits per heavy atom. The van der Waals surface area contributed by atoms with E-state index >= 15 is 0 Å². The number of piperidine rings is 1. The molecule has 2 aromatic heterocycles. The Morgan fingerprint density at radius 3 is 2.60 bits per heavy atom. The molecule has 0 spiro atoms. The van der Waals surface area contributed by atoms with Crippen LogP contribution in [0.1, 0.15) is 60.1 Å². The highest BCUT2D eigenvalue weighted by Gasteiger charge is 2.32. The van der Waals surface area contributed by atoms with Crippen molar-refractivity contribution in [3.8, 4) is 0 Å². The largest absolute Gasteiger partial charge is 0.469 e. The SMILES string of the molecule is Cc1nc(N2C[C@H](C)C[C@@H](C)C2)nc2c1C(=O)C[C@H](c1ccco1)C2. The lowest BCUT2D eigenvalue weighted by molar-refractivity contribution is 0.0957. The molecule has 1 saturated heterocycles. The molecule has 5 heteroatoms. The van der Waals surface area contributed by atoms with Gasteiger partial charge in [-0.3, -0.25) is 4.79 Å². The summed E-state index contributed by atoms with van der Waals surface area (Å²) in [5.74, 6) is 3.14. The molecule has 0 radical (unpaired) electrons. The molecular formula is C20H25N3O2. The number of aromatic nitrogens is 2. The van der Waals surface area contributed by atoms with Crippen LogP contribution in [-0.4, -0.2) is 28.8 Å². The van der Waals surface area contributed by atoms with Crippen molar-refractivity contribution in [3.63, 3.8) is 0 Å². The number of rotatable bonds is 2. The fourth-order valence-corrected chi connectivity index (χ4v) is 4.45. The number of nitrogens with zero attached hydrogens (tertiary/aromatic N) is 3. The van der Waals surface area contributed by atoms with E-state index in [0.29, 0.717) is 18.3 Å². The minimum Gasteiger partial charge on any atom is -0.469 e. The van der Waals surface area contributed by atoms with Gasteiger partial charge in [-0.1, -0.05) is 13.8 Å². The van der Waals surface area contributed by atoms with Crippen molar-refractivity contribution in [2.75, 3.05) is 18.0 Å². The van der Waals surface area contributed by atoms with Crippen LogP contribution >= 0.6 is 0 Å². The number of hydrogen-bond donors (Lipinski definition) is 0. The van der Waals surface area contributed by atoms with Crippen molar-refractivity contribution in [2.45, 2.75) is 46.0 Å². The lowest BCUT2D eigenvalue weighted by atomic mass is 9.84. The van der Waals surface area contributed by atoms with Gasteiger partial charge in [-0.2, -0.15) is 0 Å². The van der Waals surface area contributed by atoms with Crippen LogP contribution in [0.2, 0.25) is 0 Å². The van der Waals surface area contributed by atoms with E-state index in [9.17, 15) is 4.79 Å². The third-order valence-corrected chi connectivity index (χ3v) is 5.40. The highest BCUT2D eigenvalue weighted by atomic mass is 16.3. The zero-order valence-electron chi connectivity index (χ0n) is 15.2. The first kappa shape index (κ1) is 16.3. The summed E-state index contributed by atoms with van der Waals surface area (Å²) in [6.07, 6.45) is 4.13. The van der Waals surface area contributed by atoms with Crippen LogP contribution < -0.4 is 4.90 Å². The normalized spacial score (nSPS) is 26.6. The topological polar surface area (TPSA) is 59.2 Å². The maximum absolute atomic E-state index is 12.7. The van der Waals surface area contributed by atoms with Crippen LogP contribution in [0, 0.1) is 18.8 Å². The van der Waals surface area contributed by atoms with Crippen LogP contribution in [0.3, 0.4) is 0 Å². The molecule has 132 valence electrons. The van der Waals surface area contributed by atoms with Gasteiger partial charge in [-0.05, 0) is 37.3 Å². The van der Waals surface area contributed by atoms with Crippen LogP contribution in [0.5, 0.6) is 0 Å². The highest BCUT2D eigenvalue weighted by Crippen LogP contribution is 2.34. The van der Waals surface area contributed by atoms with Crippen molar-refractivity contribution < 1.29 is 9.21 Å². The first-order valence-electron chi connectivity index (χ1n) is 9.20. The predicted molar refractivity (Wildman–Crippen MR) is 96.0 cm³/mol. The van der Waals surface area contributed by atoms with E-state index in [-0.39, 0.29) is 11.7 Å². The van der Waals surface area contributed by atoms with Crippen molar-refractivity contribution in [3.05, 3.63) is 41.1 Å². The van der Waals surface area contributed by atoms with Gasteiger partial charge in [0.2, 0.25) is 5.95 Å². The molecular weight excluding hydrogens is 314 g/mol. The van der Waals surface area contributed by atoms with Gasteiger partial charge in [0.1, 0.15) is 5.76 Å². The summed E-state index contributed by atoms with van der Waals surface area (Å²) in [7, 11) is 0. The summed E-state index contributed by atoms with van der Waals surface area (Å²) in [6, 6.07) is 3.83. The molecule has 1 fully saturated rings. The van der Waals surface area contributed by atoms with Crippen LogP contribution in [-0.2, 0) is 6.42 Å². The average Bonchev–Trinajstić information content (AvgIpc) is 3.07. The molecule has 2 aliphatic rings. The molecule has 5 nitrogen and oxygen atoms in total. The molecule has 4 rings (SSSR count). The number of aryl methyl sites for hydroxylation is 1. The van der Waals surface area contributed by atoms with E-state index in [2.05, 4.69) is 23.7 Å². The molecule has 1 aliphatic carbocycles. The second-order valence-electron chi connectivity index (χ2n) is 7.83. The molecule has 2 aromatic rings. The van der Waals surface area contributed by atoms with Gasteiger partial charge in [-0.25, -0.2) is 9.97 Å². The summed E-state index contributed by atoms with van der Waals surface area (Å²) < 4.78 is 5.54. The van der Waals surface area contributed by atoms with Gasteiger partial charge in [-0.15, -0.1) is 0 Å². The fraction of sp³-hybridized carbons (Fsp3) is 0.550. The summed E-state index contributed by atoms with van der Waals surface area (Å²) in [5.41, 5.74) is 2.42. The molecule has 0 bridgehead atoms. The molecule has 25 heavy (non-hydrogen) atoms. The first-order chi connectivity index (χ1) is 12.0. The fourth-order valence-electron chi connectivity index (χ4n) is 4.45. The second-order valence-corrected chi connectivity index (χ2v) is 7.83. The van der Waals surface area contributed by atoms with Gasteiger partial charge in [0.15, 0.2) is 5.78 Å². The monoisotopic (exact) mass is 339 g/mol. The van der Waals surface area contributed by atoms with Crippen LogP contribution in [0.15, 0.2) is 22.8 Å². The number of Topliss-reactive ketones (excluding diaryl/α,β-unsaturated/α-hetero) is 1. The van der Waals surface area contributed by atoms with E-state index in [1.54, 1.807) is 6.26 Å². The smallest absolute Gasteiger partial charge is 0.225 e. The van der Waals surface area contributed by atoms with E-state index in [0.717, 1.165) is 48.2 Å². The third kappa shape index (κ3) is 3.08. The van der Waals surface area contributed by atoms with Crippen molar-refractivity contribution in [1.82, 2.24) is 9.97 Å². The Kier molecular flexibility index (Phi) is 4.10. The lowest BCUT2D eigenvalue weighted by Crippen LogP contribution is -2.40. The summed E-state index contributed by atoms with van der Waals surface area (Å²) >= 11 is 0. The van der Waals surface area contributed by atoms with Crippen LogP contribution in [0.25, 0.3) is 0 Å². The van der Waals surface area contributed by atoms with Gasteiger partial charge in [0, 0.05) is 31.8 Å². The summed E-state index contributed by atoms with van der Waals surface area (Å²) in [6.45, 7) is 8.47. The van der Waals surface area contributed by atoms with Crippen LogP contribution in [0.4, 0.5) is 5.95 Å². The Labute approximate surface area is 148 Å². The number of hydrogen-bond acceptors (Lipinski definition) is 5. The number of furan rings is 1. The van der Waals surface area contributed by atoms with Crippen molar-refractivity contribution >= 4 is 11.7 Å². The van der Waals surface area contributed by atoms with Crippen molar-refractivity contribution in [1.29, 1.82) is 0 Å². The van der Waals surface area contributed by atoms with Gasteiger partial charge in [0.25, 0.3) is 0 Å². The maximum Gasteiger partial charge on any atom is 0.225 e. The summed E-state index contributed by atoms with van der Waals surface area (Å²) in [5, 5.41) is 0. The van der Waals surface area contributed by atoms with Gasteiger partial charge in [0.05, 0.1) is 23.2 Å². The molecule has 0 N–H and O–H groups in total. The quantitative estimate of drug-likeness (QED) is 0.833. The number of carbonyl (C=O) groups is 1. The lowest BCUT2D eigenvalue weighted by Gasteiger charge is -2.35. The predicted octanol–water partition coefficient (Wildman–Crippen LogP) is 3.77. The number of anilines is 1. The summed E-state index contributed by atoms with van der Waals surface area (Å²) in [4.78, 5) is 24.5. The highest BCUT2D eigenvalue weighted by molar-refractivity contribution is 5.99. The Bertz CT molecular complexity index is 774. The van der Waals surface area contributed by atoms with E-state index in [1.165, 1.54) is 6.42 Å². The van der Waals surface area contributed by atoms with Gasteiger partial charge < -0.3 is 9.32 Å².